The van der Waals surface area contributed by atoms with Crippen molar-refractivity contribution in [3.05, 3.63) is 76.1 Å². The van der Waals surface area contributed by atoms with Gasteiger partial charge < -0.3 is 36.2 Å². The van der Waals surface area contributed by atoms with Crippen molar-refractivity contribution in [1.29, 1.82) is 0 Å². The maximum absolute atomic E-state index is 13.0. The first-order chi connectivity index (χ1) is 20.3. The lowest BCUT2D eigenvalue weighted by Gasteiger charge is -2.24. The highest BCUT2D eigenvalue weighted by molar-refractivity contribution is 6.01. The Balaban J connectivity index is 1.62. The zero-order valence-electron chi connectivity index (χ0n) is 24.3. The molecule has 3 atom stereocenters. The van der Waals surface area contributed by atoms with Crippen molar-refractivity contribution in [2.45, 2.75) is 58.8 Å². The van der Waals surface area contributed by atoms with E-state index in [0.717, 1.165) is 5.56 Å². The van der Waals surface area contributed by atoms with Crippen molar-refractivity contribution in [2.75, 3.05) is 5.32 Å². The summed E-state index contributed by atoms with van der Waals surface area (Å²) in [5.41, 5.74) is 6.71. The number of hydrogen-bond acceptors (Lipinski definition) is 8. The lowest BCUT2D eigenvalue weighted by atomic mass is 10.0. The third kappa shape index (κ3) is 9.42. The van der Waals surface area contributed by atoms with E-state index in [1.807, 2.05) is 6.07 Å². The molecule has 1 aromatic heterocycles. The summed E-state index contributed by atoms with van der Waals surface area (Å²) in [6.07, 6.45) is -1.33. The highest BCUT2D eigenvalue weighted by atomic mass is 16.5. The predicted molar refractivity (Wildman–Crippen MR) is 158 cm³/mol. The van der Waals surface area contributed by atoms with Crippen LogP contribution in [0.2, 0.25) is 0 Å². The Bertz CT molecular complexity index is 1550. The minimum absolute atomic E-state index is 0.00846. The molecule has 0 bridgehead atoms. The van der Waals surface area contributed by atoms with Gasteiger partial charge in [0.15, 0.2) is 0 Å². The van der Waals surface area contributed by atoms with Crippen LogP contribution in [0.15, 0.2) is 63.8 Å². The number of anilines is 1. The Labute approximate surface area is 247 Å². The fourth-order valence-corrected chi connectivity index (χ4v) is 4.13. The minimum Gasteiger partial charge on any atom is -0.445 e. The maximum Gasteiger partial charge on any atom is 0.408 e. The number of nitrogens with two attached hydrogens (primary N) is 1. The second kappa shape index (κ2) is 14.6. The molecule has 0 saturated heterocycles. The fraction of sp³-hybridized carbons (Fsp3) is 0.333. The van der Waals surface area contributed by atoms with Crippen molar-refractivity contribution in [1.82, 2.24) is 16.0 Å². The van der Waals surface area contributed by atoms with Crippen molar-refractivity contribution >= 4 is 46.4 Å². The van der Waals surface area contributed by atoms with Gasteiger partial charge in [-0.3, -0.25) is 19.2 Å². The summed E-state index contributed by atoms with van der Waals surface area (Å²) < 4.78 is 10.4. The summed E-state index contributed by atoms with van der Waals surface area (Å²) in [5, 5.41) is 10.7. The van der Waals surface area contributed by atoms with Gasteiger partial charge in [-0.05, 0) is 43.0 Å². The van der Waals surface area contributed by atoms with Crippen molar-refractivity contribution in [3.8, 4) is 0 Å². The first-order valence-electron chi connectivity index (χ1n) is 13.6. The number of aryl methyl sites for hydroxylation is 1. The third-order valence-electron chi connectivity index (χ3n) is 6.44. The molecule has 0 fully saturated rings. The number of carbonyl (C=O) groups is 5. The van der Waals surface area contributed by atoms with E-state index >= 15 is 0 Å². The second-order valence-corrected chi connectivity index (χ2v) is 10.3. The van der Waals surface area contributed by atoms with Crippen LogP contribution in [0.5, 0.6) is 0 Å². The molecule has 0 saturated carbocycles. The minimum atomic E-state index is -1.38. The van der Waals surface area contributed by atoms with E-state index in [1.165, 1.54) is 19.1 Å². The van der Waals surface area contributed by atoms with Gasteiger partial charge in [0, 0.05) is 23.2 Å². The van der Waals surface area contributed by atoms with Gasteiger partial charge in [-0.15, -0.1) is 0 Å². The van der Waals surface area contributed by atoms with Crippen LogP contribution in [-0.4, -0.2) is 47.8 Å². The standard InChI is InChI=1S/C30H35N5O8/c1-16(2)26(35-30(41)42-15-19-8-6-5-7-9-19)29(40)32-18(4)27(38)34-22(14-24(31)36)28(39)33-20-10-11-21-17(3)12-25(37)43-23(21)13-20/h5-13,16,18,22,26H,14-15H2,1-4H3,(H2,31,36)(H,32,40)(H,33,39)(H,34,38)(H,35,41). The molecule has 6 N–H and O–H groups in total. The Morgan fingerprint density at radius 3 is 2.23 bits per heavy atom. The molecular formula is C30H35N5O8. The van der Waals surface area contributed by atoms with Crippen molar-refractivity contribution < 1.29 is 33.1 Å². The monoisotopic (exact) mass is 593 g/mol. The van der Waals surface area contributed by atoms with Crippen molar-refractivity contribution in [3.63, 3.8) is 0 Å². The molecule has 5 amide bonds. The quantitative estimate of drug-likeness (QED) is 0.196. The Kier molecular flexibility index (Phi) is 11.0. The molecule has 3 rings (SSSR count). The molecule has 228 valence electrons. The van der Waals surface area contributed by atoms with Gasteiger partial charge in [0.05, 0.1) is 6.42 Å². The highest BCUT2D eigenvalue weighted by Gasteiger charge is 2.30. The number of primary amides is 1. The number of amides is 5. The molecule has 0 aliphatic heterocycles. The van der Waals surface area contributed by atoms with Crippen LogP contribution in [0, 0.1) is 12.8 Å². The number of ether oxygens (including phenoxy) is 1. The molecule has 2 aromatic carbocycles. The van der Waals surface area contributed by atoms with Crippen LogP contribution in [-0.2, 0) is 30.5 Å². The Morgan fingerprint density at radius 1 is 0.884 bits per heavy atom. The smallest absolute Gasteiger partial charge is 0.408 e. The fourth-order valence-electron chi connectivity index (χ4n) is 4.13. The lowest BCUT2D eigenvalue weighted by molar-refractivity contribution is -0.132. The summed E-state index contributed by atoms with van der Waals surface area (Å²) in [6, 6.07) is 11.5. The van der Waals surface area contributed by atoms with Gasteiger partial charge in [0.2, 0.25) is 23.6 Å². The third-order valence-corrected chi connectivity index (χ3v) is 6.44. The van der Waals surface area contributed by atoms with Gasteiger partial charge >= 0.3 is 11.7 Å². The number of rotatable bonds is 12. The molecule has 3 aromatic rings. The molecule has 13 nitrogen and oxygen atoms in total. The molecule has 3 unspecified atom stereocenters. The first-order valence-corrected chi connectivity index (χ1v) is 13.6. The number of hydrogen-bond donors (Lipinski definition) is 5. The van der Waals surface area contributed by atoms with Gasteiger partial charge in [0.25, 0.3) is 0 Å². The van der Waals surface area contributed by atoms with Gasteiger partial charge in [-0.25, -0.2) is 9.59 Å². The van der Waals surface area contributed by atoms with E-state index in [9.17, 15) is 28.8 Å². The SMILES string of the molecule is Cc1cc(=O)oc2cc(NC(=O)C(CC(N)=O)NC(=O)C(C)NC(=O)C(NC(=O)OCc3ccccc3)C(C)C)ccc12. The number of alkyl carbamates (subject to hydrolysis) is 1. The molecule has 0 spiro atoms. The molecule has 13 heteroatoms. The van der Waals surface area contributed by atoms with E-state index in [-0.39, 0.29) is 23.8 Å². The zero-order valence-corrected chi connectivity index (χ0v) is 24.3. The number of fused-ring (bicyclic) bond motifs is 1. The topological polar surface area (TPSA) is 199 Å². The van der Waals surface area contributed by atoms with E-state index in [2.05, 4.69) is 21.3 Å². The van der Waals surface area contributed by atoms with Crippen molar-refractivity contribution in [2.24, 2.45) is 11.7 Å². The summed E-state index contributed by atoms with van der Waals surface area (Å²) in [6.45, 7) is 6.55. The van der Waals surface area contributed by atoms with Crippen LogP contribution in [0.4, 0.5) is 10.5 Å². The van der Waals surface area contributed by atoms with Gasteiger partial charge in [-0.1, -0.05) is 44.2 Å². The highest BCUT2D eigenvalue weighted by Crippen LogP contribution is 2.21. The lowest BCUT2D eigenvalue weighted by Crippen LogP contribution is -2.56. The van der Waals surface area contributed by atoms with Gasteiger partial charge in [-0.2, -0.15) is 0 Å². The largest absolute Gasteiger partial charge is 0.445 e. The van der Waals surface area contributed by atoms with E-state index < -0.39 is 59.9 Å². The summed E-state index contributed by atoms with van der Waals surface area (Å²) in [4.78, 5) is 74.6. The average molecular weight is 594 g/mol. The van der Waals surface area contributed by atoms with Gasteiger partial charge in [0.1, 0.15) is 30.3 Å². The molecule has 43 heavy (non-hydrogen) atoms. The van der Waals surface area contributed by atoms with Crippen LogP contribution in [0.25, 0.3) is 11.0 Å². The second-order valence-electron chi connectivity index (χ2n) is 10.3. The van der Waals surface area contributed by atoms with Crippen LogP contribution < -0.4 is 32.6 Å². The average Bonchev–Trinajstić information content (AvgIpc) is 2.94. The first kappa shape index (κ1) is 32.3. The van der Waals surface area contributed by atoms with Crippen LogP contribution in [0.3, 0.4) is 0 Å². The molecule has 0 radical (unpaired) electrons. The van der Waals surface area contributed by atoms with E-state index in [4.69, 9.17) is 14.9 Å². The van der Waals surface area contributed by atoms with E-state index in [1.54, 1.807) is 57.2 Å². The normalized spacial score (nSPS) is 13.0. The molecule has 1 heterocycles. The Hall–Kier alpha value is -5.20. The molecule has 0 aliphatic rings. The molecular weight excluding hydrogens is 558 g/mol. The maximum atomic E-state index is 13.0. The summed E-state index contributed by atoms with van der Waals surface area (Å²) in [7, 11) is 0. The molecule has 0 aliphatic carbocycles. The van der Waals surface area contributed by atoms with Crippen LogP contribution in [0.1, 0.15) is 38.3 Å². The zero-order chi connectivity index (χ0) is 31.7. The Morgan fingerprint density at radius 2 is 1.58 bits per heavy atom. The summed E-state index contributed by atoms with van der Waals surface area (Å²) >= 11 is 0. The number of benzene rings is 2. The summed E-state index contributed by atoms with van der Waals surface area (Å²) in [5.74, 6) is -3.40. The van der Waals surface area contributed by atoms with Crippen LogP contribution >= 0.6 is 0 Å². The number of nitrogens with one attached hydrogen (secondary N) is 4. The predicted octanol–water partition coefficient (Wildman–Crippen LogP) is 1.86. The number of carbonyl (C=O) groups excluding carboxylic acids is 5. The van der Waals surface area contributed by atoms with E-state index in [0.29, 0.717) is 10.9 Å².